The van der Waals surface area contributed by atoms with Gasteiger partial charge in [-0.1, -0.05) is 174 Å². The molecule has 0 aliphatic heterocycles. The number of hydrogen-bond acceptors (Lipinski definition) is 3. The summed E-state index contributed by atoms with van der Waals surface area (Å²) in [5.41, 5.74) is 2.68. The van der Waals surface area contributed by atoms with Crippen LogP contribution in [0.4, 0.5) is 0 Å². The summed E-state index contributed by atoms with van der Waals surface area (Å²) >= 11 is 0. The van der Waals surface area contributed by atoms with Crippen molar-refractivity contribution < 1.29 is 14.0 Å². The lowest BCUT2D eigenvalue weighted by atomic mass is 10.0. The molecular weight excluding hydrogens is 613 g/mol. The van der Waals surface area contributed by atoms with Crippen LogP contribution in [0.1, 0.15) is 199 Å². The van der Waals surface area contributed by atoms with E-state index in [-0.39, 0.29) is 0 Å². The fraction of sp³-hybridized carbons (Fsp3) is 0.761. The van der Waals surface area contributed by atoms with Gasteiger partial charge in [-0.15, -0.1) is 0 Å². The van der Waals surface area contributed by atoms with E-state index in [0.29, 0.717) is 0 Å². The summed E-state index contributed by atoms with van der Waals surface area (Å²) in [6.07, 6.45) is 40.4. The Kier molecular flexibility index (Phi) is 27.9. The average molecular weight is 694 g/mol. The van der Waals surface area contributed by atoms with Crippen LogP contribution in [0.5, 0.6) is 11.5 Å². The molecule has 2 aromatic rings. The van der Waals surface area contributed by atoms with Gasteiger partial charge in [0, 0.05) is 24.7 Å². The minimum atomic E-state index is 0.768. The van der Waals surface area contributed by atoms with Crippen molar-refractivity contribution in [2.75, 3.05) is 20.3 Å². The molecule has 2 rings (SSSR count). The molecule has 0 spiro atoms. The summed E-state index contributed by atoms with van der Waals surface area (Å²) < 4.78 is 14.3. The number of ether oxygens (including phenoxy) is 2. The molecule has 0 aliphatic carbocycles. The van der Waals surface area contributed by atoms with Crippen molar-refractivity contribution in [3.05, 3.63) is 53.9 Å². The third-order valence-electron chi connectivity index (χ3n) is 10.4. The van der Waals surface area contributed by atoms with Crippen LogP contribution in [0, 0.1) is 0 Å². The Hall–Kier alpha value is -2.07. The number of aryl methyl sites for hydroxylation is 1. The Morgan fingerprint density at radius 2 is 1.00 bits per heavy atom. The Bertz CT molecular complexity index is 1040. The molecule has 0 saturated heterocycles. The van der Waals surface area contributed by atoms with Crippen molar-refractivity contribution >= 4 is 0 Å². The van der Waals surface area contributed by atoms with Gasteiger partial charge in [-0.25, -0.2) is 4.57 Å². The van der Waals surface area contributed by atoms with Gasteiger partial charge in [-0.2, -0.15) is 0 Å². The number of rotatable bonds is 35. The first kappa shape index (κ1) is 44.1. The Balaban J connectivity index is 1.71. The molecule has 0 saturated carbocycles. The summed E-state index contributed by atoms with van der Waals surface area (Å²) in [7, 11) is 1.77. The van der Waals surface area contributed by atoms with Gasteiger partial charge < -0.3 is 9.47 Å². The number of pyridine rings is 1. The quantitative estimate of drug-likeness (QED) is 0.0531. The fourth-order valence-electron chi connectivity index (χ4n) is 7.18. The summed E-state index contributed by atoms with van der Waals surface area (Å²) in [5.74, 6) is 1.74. The van der Waals surface area contributed by atoms with Gasteiger partial charge >= 0.3 is 0 Å². The van der Waals surface area contributed by atoms with Crippen LogP contribution >= 0.6 is 0 Å². The maximum Gasteiger partial charge on any atom is 0.173 e. The SMILES string of the molecule is CCCCCCCCCCCCCCCCN(Cc1ccc(OCCCCCCCCCCCCCC)c(OC)c1)Cc1ccc[n+](CC)c1. The van der Waals surface area contributed by atoms with Crippen LogP contribution in [-0.2, 0) is 19.6 Å². The third-order valence-corrected chi connectivity index (χ3v) is 10.4. The minimum absolute atomic E-state index is 0.768. The molecule has 1 aromatic carbocycles. The smallest absolute Gasteiger partial charge is 0.173 e. The fourth-order valence-corrected chi connectivity index (χ4v) is 7.18. The van der Waals surface area contributed by atoms with Gasteiger partial charge in [0.15, 0.2) is 23.9 Å². The Morgan fingerprint density at radius 1 is 0.520 bits per heavy atom. The highest BCUT2D eigenvalue weighted by Gasteiger charge is 2.13. The molecule has 4 heteroatoms. The maximum absolute atomic E-state index is 6.22. The molecule has 4 nitrogen and oxygen atoms in total. The maximum atomic E-state index is 6.22. The van der Waals surface area contributed by atoms with Gasteiger partial charge in [-0.3, -0.25) is 4.90 Å². The molecule has 1 aromatic heterocycles. The van der Waals surface area contributed by atoms with E-state index in [1.807, 2.05) is 0 Å². The summed E-state index contributed by atoms with van der Waals surface area (Å²) in [6, 6.07) is 11.0. The lowest BCUT2D eigenvalue weighted by Crippen LogP contribution is -2.33. The molecule has 0 atom stereocenters. The van der Waals surface area contributed by atoms with Crippen LogP contribution < -0.4 is 14.0 Å². The van der Waals surface area contributed by atoms with Gasteiger partial charge in [0.05, 0.1) is 13.7 Å². The zero-order valence-corrected chi connectivity index (χ0v) is 33.7. The number of hydrogen-bond donors (Lipinski definition) is 0. The first-order chi connectivity index (χ1) is 24.7. The molecular formula is C46H81N2O2+. The van der Waals surface area contributed by atoms with E-state index < -0.39 is 0 Å². The minimum Gasteiger partial charge on any atom is -0.493 e. The Morgan fingerprint density at radius 3 is 1.50 bits per heavy atom. The summed E-state index contributed by atoms with van der Waals surface area (Å²) in [5, 5.41) is 0. The molecule has 0 N–H and O–H groups in total. The van der Waals surface area contributed by atoms with Gasteiger partial charge in [0.1, 0.15) is 6.54 Å². The van der Waals surface area contributed by atoms with E-state index in [1.165, 1.54) is 172 Å². The number of methoxy groups -OCH3 is 1. The first-order valence-corrected chi connectivity index (χ1v) is 21.7. The Labute approximate surface area is 311 Å². The molecule has 0 fully saturated rings. The first-order valence-electron chi connectivity index (χ1n) is 21.7. The van der Waals surface area contributed by atoms with Gasteiger partial charge in [0.25, 0.3) is 0 Å². The van der Waals surface area contributed by atoms with E-state index in [0.717, 1.165) is 50.7 Å². The standard InChI is InChI=1S/C46H81N2O2/c1-5-8-10-12-14-16-18-20-21-22-24-26-28-30-36-48(42-44-33-32-37-47(7-3)41-44)40-43-34-35-45(46(39-43)49-4)50-38-31-29-27-25-23-19-17-15-13-11-9-6-2/h32-35,37,39,41H,5-31,36,38,40,42H2,1-4H3/q+1. The van der Waals surface area contributed by atoms with Crippen molar-refractivity contribution in [3.63, 3.8) is 0 Å². The average Bonchev–Trinajstić information content (AvgIpc) is 3.14. The number of aromatic nitrogens is 1. The second-order valence-corrected chi connectivity index (χ2v) is 15.1. The molecule has 0 unspecified atom stereocenters. The number of unbranched alkanes of at least 4 members (excludes halogenated alkanes) is 24. The summed E-state index contributed by atoms with van der Waals surface area (Å²) in [6.45, 7) is 11.6. The second-order valence-electron chi connectivity index (χ2n) is 15.1. The van der Waals surface area contributed by atoms with Crippen molar-refractivity contribution in [1.29, 1.82) is 0 Å². The van der Waals surface area contributed by atoms with E-state index >= 15 is 0 Å². The van der Waals surface area contributed by atoms with E-state index in [4.69, 9.17) is 9.47 Å². The van der Waals surface area contributed by atoms with E-state index in [9.17, 15) is 0 Å². The van der Waals surface area contributed by atoms with Crippen molar-refractivity contribution in [2.45, 2.75) is 207 Å². The lowest BCUT2D eigenvalue weighted by Gasteiger charge is -2.23. The molecule has 50 heavy (non-hydrogen) atoms. The highest BCUT2D eigenvalue weighted by atomic mass is 16.5. The van der Waals surface area contributed by atoms with E-state index in [2.05, 4.69) is 73.0 Å². The topological polar surface area (TPSA) is 25.6 Å². The molecule has 0 bridgehead atoms. The van der Waals surface area contributed by atoms with Gasteiger partial charge in [0.2, 0.25) is 0 Å². The molecule has 0 aliphatic rings. The van der Waals surface area contributed by atoms with Crippen molar-refractivity contribution in [3.8, 4) is 11.5 Å². The predicted octanol–water partition coefficient (Wildman–Crippen LogP) is 13.6. The molecule has 0 amide bonds. The zero-order chi connectivity index (χ0) is 35.7. The lowest BCUT2D eigenvalue weighted by molar-refractivity contribution is -0.694. The second kappa shape index (κ2) is 31.6. The van der Waals surface area contributed by atoms with Crippen LogP contribution in [0.2, 0.25) is 0 Å². The van der Waals surface area contributed by atoms with Crippen LogP contribution in [0.15, 0.2) is 42.7 Å². The number of benzene rings is 1. The van der Waals surface area contributed by atoms with Crippen LogP contribution in [-0.4, -0.2) is 25.2 Å². The normalized spacial score (nSPS) is 11.5. The number of nitrogens with zero attached hydrogens (tertiary/aromatic N) is 2. The molecule has 1 heterocycles. The van der Waals surface area contributed by atoms with Crippen molar-refractivity contribution in [1.82, 2.24) is 4.90 Å². The molecule has 0 radical (unpaired) electrons. The highest BCUT2D eigenvalue weighted by molar-refractivity contribution is 5.43. The van der Waals surface area contributed by atoms with Crippen LogP contribution in [0.25, 0.3) is 0 Å². The van der Waals surface area contributed by atoms with E-state index in [1.54, 1.807) is 7.11 Å². The van der Waals surface area contributed by atoms with Crippen LogP contribution in [0.3, 0.4) is 0 Å². The zero-order valence-electron chi connectivity index (χ0n) is 33.7. The largest absolute Gasteiger partial charge is 0.493 e. The monoisotopic (exact) mass is 694 g/mol. The molecule has 286 valence electrons. The summed E-state index contributed by atoms with van der Waals surface area (Å²) in [4.78, 5) is 2.62. The van der Waals surface area contributed by atoms with Crippen molar-refractivity contribution in [2.24, 2.45) is 0 Å². The van der Waals surface area contributed by atoms with Gasteiger partial charge in [-0.05, 0) is 50.1 Å². The third kappa shape index (κ3) is 22.7. The predicted molar refractivity (Wildman–Crippen MR) is 216 cm³/mol. The highest BCUT2D eigenvalue weighted by Crippen LogP contribution is 2.29.